The summed E-state index contributed by atoms with van der Waals surface area (Å²) in [7, 11) is 1.63. The first kappa shape index (κ1) is 19.0. The van der Waals surface area contributed by atoms with E-state index in [0.29, 0.717) is 18.6 Å². The van der Waals surface area contributed by atoms with Gasteiger partial charge in [-0.1, -0.05) is 12.1 Å². The number of oxime groups is 1. The molecule has 0 aromatic heterocycles. The van der Waals surface area contributed by atoms with Crippen LogP contribution in [-0.4, -0.2) is 67.5 Å². The second-order valence-corrected chi connectivity index (χ2v) is 6.70. The number of hydrogen-bond acceptors (Lipinski definition) is 5. The second kappa shape index (κ2) is 9.87. The molecule has 0 saturated carbocycles. The average Bonchev–Trinajstić information content (AvgIpc) is 2.86. The maximum atomic E-state index is 11.9. The zero-order chi connectivity index (χ0) is 17.4. The number of carbonyl (C=O) groups excluding carboxylic acids is 1. The van der Waals surface area contributed by atoms with Crippen molar-refractivity contribution in [3.8, 4) is 0 Å². The summed E-state index contributed by atoms with van der Waals surface area (Å²) in [6.45, 7) is 8.35. The predicted molar refractivity (Wildman–Crippen MR) is 95.3 cm³/mol. The third-order valence-corrected chi connectivity index (χ3v) is 5.31. The largest absolute Gasteiger partial charge is 0.450 e. The number of amides is 1. The number of likely N-dealkylation sites (tertiary alicyclic amines) is 2. The molecule has 2 aliphatic heterocycles. The van der Waals surface area contributed by atoms with E-state index in [2.05, 4.69) is 17.0 Å². The highest BCUT2D eigenvalue weighted by molar-refractivity contribution is 5.86. The van der Waals surface area contributed by atoms with Gasteiger partial charge in [-0.15, -0.1) is 0 Å². The standard InChI is InChI=1S/C18H33N3O3/c1-4-17(19-23-3)15-8-12-20(13-9-15)16-7-6-11-21(14-10-16)18(22)24-5-2/h15-16H,4-14H2,1-3H3/b19-17+. The fourth-order valence-corrected chi connectivity index (χ4v) is 3.98. The Morgan fingerprint density at radius 2 is 1.83 bits per heavy atom. The van der Waals surface area contributed by atoms with Crippen molar-refractivity contribution in [2.75, 3.05) is 39.9 Å². The molecule has 0 aliphatic carbocycles. The van der Waals surface area contributed by atoms with E-state index >= 15 is 0 Å². The van der Waals surface area contributed by atoms with Crippen molar-refractivity contribution in [2.45, 2.75) is 58.4 Å². The van der Waals surface area contributed by atoms with Crippen LogP contribution in [0.25, 0.3) is 0 Å². The summed E-state index contributed by atoms with van der Waals surface area (Å²) in [6.07, 6.45) is 6.43. The smallest absolute Gasteiger partial charge is 0.409 e. The Morgan fingerprint density at radius 3 is 2.46 bits per heavy atom. The maximum Gasteiger partial charge on any atom is 0.409 e. The highest BCUT2D eigenvalue weighted by atomic mass is 16.6. The molecule has 1 atom stereocenters. The van der Waals surface area contributed by atoms with E-state index in [4.69, 9.17) is 9.57 Å². The number of carbonyl (C=O) groups is 1. The first-order valence-electron chi connectivity index (χ1n) is 9.45. The summed E-state index contributed by atoms with van der Waals surface area (Å²) in [5, 5.41) is 4.21. The fourth-order valence-electron chi connectivity index (χ4n) is 3.98. The fraction of sp³-hybridized carbons (Fsp3) is 0.889. The van der Waals surface area contributed by atoms with Crippen molar-refractivity contribution in [1.29, 1.82) is 0 Å². The zero-order valence-electron chi connectivity index (χ0n) is 15.5. The lowest BCUT2D eigenvalue weighted by molar-refractivity contribution is 0.105. The highest BCUT2D eigenvalue weighted by Gasteiger charge is 2.29. The lowest BCUT2D eigenvalue weighted by Crippen LogP contribution is -2.43. The Balaban J connectivity index is 1.82. The van der Waals surface area contributed by atoms with Crippen molar-refractivity contribution >= 4 is 11.8 Å². The molecule has 0 N–H and O–H groups in total. The van der Waals surface area contributed by atoms with Crippen LogP contribution in [0, 0.1) is 5.92 Å². The molecule has 0 aromatic rings. The topological polar surface area (TPSA) is 54.4 Å². The van der Waals surface area contributed by atoms with Gasteiger partial charge in [-0.3, -0.25) is 0 Å². The number of hydrogen-bond donors (Lipinski definition) is 0. The Kier molecular flexibility index (Phi) is 7.82. The van der Waals surface area contributed by atoms with Crippen LogP contribution in [0.15, 0.2) is 5.16 Å². The molecule has 138 valence electrons. The monoisotopic (exact) mass is 339 g/mol. The van der Waals surface area contributed by atoms with Gasteiger partial charge in [0.2, 0.25) is 0 Å². The molecule has 6 nitrogen and oxygen atoms in total. The summed E-state index contributed by atoms with van der Waals surface area (Å²) in [6, 6.07) is 0.592. The van der Waals surface area contributed by atoms with E-state index in [-0.39, 0.29) is 6.09 Å². The van der Waals surface area contributed by atoms with E-state index < -0.39 is 0 Å². The van der Waals surface area contributed by atoms with Crippen LogP contribution in [0.2, 0.25) is 0 Å². The minimum Gasteiger partial charge on any atom is -0.450 e. The van der Waals surface area contributed by atoms with E-state index in [1.807, 2.05) is 11.8 Å². The molecule has 1 unspecified atom stereocenters. The molecule has 2 fully saturated rings. The third kappa shape index (κ3) is 5.10. The van der Waals surface area contributed by atoms with Crippen molar-refractivity contribution in [2.24, 2.45) is 11.1 Å². The Morgan fingerprint density at radius 1 is 1.08 bits per heavy atom. The van der Waals surface area contributed by atoms with Crippen molar-refractivity contribution < 1.29 is 14.4 Å². The summed E-state index contributed by atoms with van der Waals surface area (Å²) in [5.41, 5.74) is 1.20. The number of piperidine rings is 1. The van der Waals surface area contributed by atoms with Gasteiger partial charge >= 0.3 is 6.09 Å². The lowest BCUT2D eigenvalue weighted by Gasteiger charge is -2.37. The van der Waals surface area contributed by atoms with Gasteiger partial charge in [-0.2, -0.15) is 0 Å². The van der Waals surface area contributed by atoms with Crippen LogP contribution >= 0.6 is 0 Å². The molecule has 24 heavy (non-hydrogen) atoms. The molecule has 1 amide bonds. The molecule has 0 radical (unpaired) electrons. The average molecular weight is 339 g/mol. The van der Waals surface area contributed by atoms with Crippen LogP contribution in [0.4, 0.5) is 4.79 Å². The predicted octanol–water partition coefficient (Wildman–Crippen LogP) is 3.12. The summed E-state index contributed by atoms with van der Waals surface area (Å²) < 4.78 is 5.14. The molecule has 0 aromatic carbocycles. The quantitative estimate of drug-likeness (QED) is 0.570. The van der Waals surface area contributed by atoms with Gasteiger partial charge in [0.1, 0.15) is 7.11 Å². The summed E-state index contributed by atoms with van der Waals surface area (Å²) in [5.74, 6) is 0.563. The SMILES string of the molecule is CCOC(=O)N1CCCC(N2CCC(/C(CC)=N/OC)CC2)CC1. The van der Waals surface area contributed by atoms with E-state index in [9.17, 15) is 4.79 Å². The van der Waals surface area contributed by atoms with Gasteiger partial charge in [0.05, 0.1) is 12.3 Å². The van der Waals surface area contributed by atoms with Gasteiger partial charge in [-0.25, -0.2) is 4.79 Å². The van der Waals surface area contributed by atoms with Crippen LogP contribution in [0.5, 0.6) is 0 Å². The third-order valence-electron chi connectivity index (χ3n) is 5.31. The van der Waals surface area contributed by atoms with Gasteiger partial charge in [-0.05, 0) is 58.5 Å². The normalized spacial score (nSPS) is 24.5. The molecule has 0 bridgehead atoms. The molecule has 2 aliphatic rings. The molecular weight excluding hydrogens is 306 g/mol. The van der Waals surface area contributed by atoms with Crippen LogP contribution in [0.1, 0.15) is 52.4 Å². The summed E-state index contributed by atoms with van der Waals surface area (Å²) >= 11 is 0. The Bertz CT molecular complexity index is 420. The zero-order valence-corrected chi connectivity index (χ0v) is 15.5. The van der Waals surface area contributed by atoms with Gasteiger partial charge in [0.15, 0.2) is 0 Å². The van der Waals surface area contributed by atoms with Crippen molar-refractivity contribution in [1.82, 2.24) is 9.80 Å². The van der Waals surface area contributed by atoms with Gasteiger partial charge in [0, 0.05) is 25.0 Å². The van der Waals surface area contributed by atoms with Crippen LogP contribution in [0.3, 0.4) is 0 Å². The van der Waals surface area contributed by atoms with E-state index in [0.717, 1.165) is 58.3 Å². The molecule has 2 heterocycles. The maximum absolute atomic E-state index is 11.9. The minimum absolute atomic E-state index is 0.153. The Labute approximate surface area is 146 Å². The van der Waals surface area contributed by atoms with E-state index in [1.165, 1.54) is 12.1 Å². The molecule has 2 rings (SSSR count). The minimum atomic E-state index is -0.153. The highest BCUT2D eigenvalue weighted by Crippen LogP contribution is 2.26. The molecule has 6 heteroatoms. The van der Waals surface area contributed by atoms with Crippen molar-refractivity contribution in [3.05, 3.63) is 0 Å². The van der Waals surface area contributed by atoms with E-state index in [1.54, 1.807) is 7.11 Å². The van der Waals surface area contributed by atoms with Gasteiger partial charge in [0.25, 0.3) is 0 Å². The number of rotatable bonds is 5. The summed E-state index contributed by atoms with van der Waals surface area (Å²) in [4.78, 5) is 21.4. The van der Waals surface area contributed by atoms with Crippen molar-refractivity contribution in [3.63, 3.8) is 0 Å². The van der Waals surface area contributed by atoms with Crippen LogP contribution < -0.4 is 0 Å². The number of nitrogens with zero attached hydrogens (tertiary/aromatic N) is 3. The first-order valence-corrected chi connectivity index (χ1v) is 9.45. The molecule has 2 saturated heterocycles. The van der Waals surface area contributed by atoms with Crippen LogP contribution in [-0.2, 0) is 9.57 Å². The molecular formula is C18H33N3O3. The Hall–Kier alpha value is -1.30. The van der Waals surface area contributed by atoms with Gasteiger partial charge < -0.3 is 19.4 Å². The molecule has 0 spiro atoms. The first-order chi connectivity index (χ1) is 11.7. The second-order valence-electron chi connectivity index (χ2n) is 6.70. The lowest BCUT2D eigenvalue weighted by atomic mass is 9.89. The number of ether oxygens (including phenoxy) is 1.